The molecule has 0 aromatic heterocycles. The van der Waals surface area contributed by atoms with Crippen LogP contribution in [-0.4, -0.2) is 12.6 Å². The lowest BCUT2D eigenvalue weighted by atomic mass is 10.1. The molecule has 0 fully saturated rings. The number of carbonyl (C=O) groups is 1. The van der Waals surface area contributed by atoms with E-state index in [0.717, 1.165) is 12.8 Å². The van der Waals surface area contributed by atoms with E-state index in [1.807, 2.05) is 6.92 Å². The molecule has 0 aromatic carbocycles. The van der Waals surface area contributed by atoms with Gasteiger partial charge in [-0.1, -0.05) is 27.2 Å². The number of esters is 1. The Morgan fingerprint density at radius 2 is 2.27 bits per heavy atom. The van der Waals surface area contributed by atoms with Gasteiger partial charge in [-0.15, -0.1) is 0 Å². The average molecular weight is 157 g/mol. The fourth-order valence-corrected chi connectivity index (χ4v) is 0.577. The van der Waals surface area contributed by atoms with Crippen LogP contribution in [0.1, 0.15) is 33.1 Å². The molecule has 11 heavy (non-hydrogen) atoms. The Morgan fingerprint density at radius 3 is 2.73 bits per heavy atom. The maximum Gasteiger partial charge on any atom is 0.308 e. The predicted octanol–water partition coefficient (Wildman–Crippen LogP) is 2.19. The van der Waals surface area contributed by atoms with Crippen molar-refractivity contribution in [2.45, 2.75) is 33.1 Å². The van der Waals surface area contributed by atoms with Gasteiger partial charge in [-0.2, -0.15) is 0 Å². The van der Waals surface area contributed by atoms with Gasteiger partial charge in [-0.05, 0) is 12.8 Å². The summed E-state index contributed by atoms with van der Waals surface area (Å²) >= 11 is 0. The summed E-state index contributed by atoms with van der Waals surface area (Å²) in [7, 11) is 0. The quantitative estimate of drug-likeness (QED) is 0.451. The molecule has 0 saturated heterocycles. The lowest BCUT2D eigenvalue weighted by Gasteiger charge is -2.07. The van der Waals surface area contributed by atoms with Crippen LogP contribution in [0, 0.1) is 12.8 Å². The van der Waals surface area contributed by atoms with Gasteiger partial charge in [0, 0.05) is 0 Å². The van der Waals surface area contributed by atoms with Crippen LogP contribution in [0.3, 0.4) is 0 Å². The number of hydrogen-bond donors (Lipinski definition) is 0. The summed E-state index contributed by atoms with van der Waals surface area (Å²) in [6, 6.07) is 0. The van der Waals surface area contributed by atoms with Crippen molar-refractivity contribution in [1.29, 1.82) is 0 Å². The highest BCUT2D eigenvalue weighted by molar-refractivity contribution is 5.71. The van der Waals surface area contributed by atoms with E-state index in [9.17, 15) is 4.79 Å². The van der Waals surface area contributed by atoms with Crippen molar-refractivity contribution >= 4 is 5.97 Å². The lowest BCUT2D eigenvalue weighted by molar-refractivity contribution is -0.147. The molecule has 0 spiro atoms. The predicted molar refractivity (Wildman–Crippen MR) is 45.0 cm³/mol. The number of hydrogen-bond acceptors (Lipinski definition) is 2. The summed E-state index contributed by atoms with van der Waals surface area (Å²) in [4.78, 5) is 11.0. The summed E-state index contributed by atoms with van der Waals surface area (Å²) in [5.41, 5.74) is 0. The molecular formula is C9H17O2. The molecule has 1 unspecified atom stereocenters. The summed E-state index contributed by atoms with van der Waals surface area (Å²) < 4.78 is 4.96. The number of rotatable bonds is 5. The first-order valence-corrected chi connectivity index (χ1v) is 4.18. The summed E-state index contributed by atoms with van der Waals surface area (Å²) in [5, 5.41) is 0. The minimum atomic E-state index is -0.117. The first kappa shape index (κ1) is 10.5. The summed E-state index contributed by atoms with van der Waals surface area (Å²) in [5.74, 6) is -0.166. The molecule has 0 heterocycles. The second-order valence-corrected chi connectivity index (χ2v) is 2.71. The average Bonchev–Trinajstić information content (AvgIpc) is 2.03. The molecule has 65 valence electrons. The van der Waals surface area contributed by atoms with Crippen LogP contribution in [0.2, 0.25) is 0 Å². The third-order valence-electron chi connectivity index (χ3n) is 1.58. The molecule has 0 amide bonds. The second kappa shape index (κ2) is 6.20. The Balaban J connectivity index is 3.36. The normalized spacial score (nSPS) is 12.6. The van der Waals surface area contributed by atoms with Crippen LogP contribution in [0.4, 0.5) is 0 Å². The highest BCUT2D eigenvalue weighted by Gasteiger charge is 2.10. The summed E-state index contributed by atoms with van der Waals surface area (Å²) in [6.45, 7) is 8.09. The highest BCUT2D eigenvalue weighted by Crippen LogP contribution is 2.03. The molecule has 0 aliphatic carbocycles. The molecule has 1 atom stereocenters. The fourth-order valence-electron chi connectivity index (χ4n) is 0.577. The maximum absolute atomic E-state index is 11.0. The van der Waals surface area contributed by atoms with E-state index >= 15 is 0 Å². The number of unbranched alkanes of at least 4 members (excludes halogenated alkanes) is 1. The van der Waals surface area contributed by atoms with E-state index in [2.05, 4.69) is 13.8 Å². The topological polar surface area (TPSA) is 26.3 Å². The molecule has 1 radical (unpaired) electrons. The third-order valence-corrected chi connectivity index (χ3v) is 1.58. The van der Waals surface area contributed by atoms with Crippen molar-refractivity contribution in [3.05, 3.63) is 6.92 Å². The molecule has 2 heteroatoms. The first-order chi connectivity index (χ1) is 5.22. The van der Waals surface area contributed by atoms with Crippen LogP contribution in [-0.2, 0) is 9.53 Å². The Labute approximate surface area is 68.9 Å². The van der Waals surface area contributed by atoms with Gasteiger partial charge in [0.1, 0.15) is 0 Å². The first-order valence-electron chi connectivity index (χ1n) is 4.18. The molecule has 0 saturated carbocycles. The van der Waals surface area contributed by atoms with Crippen molar-refractivity contribution in [3.63, 3.8) is 0 Å². The van der Waals surface area contributed by atoms with Gasteiger partial charge in [0.05, 0.1) is 12.5 Å². The monoisotopic (exact) mass is 157 g/mol. The molecule has 0 aliphatic heterocycles. The molecule has 0 aromatic rings. The van der Waals surface area contributed by atoms with Crippen LogP contribution < -0.4 is 0 Å². The standard InChI is InChI=1S/C9H17O2/c1-4-6-7-11-9(10)8(3)5-2/h8H,2,4-7H2,1,3H3. The van der Waals surface area contributed by atoms with E-state index in [1.54, 1.807) is 0 Å². The van der Waals surface area contributed by atoms with Gasteiger partial charge in [0.25, 0.3) is 0 Å². The Bertz CT molecular complexity index is 110. The van der Waals surface area contributed by atoms with Gasteiger partial charge in [-0.25, -0.2) is 0 Å². The SMILES string of the molecule is [CH2]CC(C)C(=O)OCCCC. The van der Waals surface area contributed by atoms with Gasteiger partial charge < -0.3 is 4.74 Å². The van der Waals surface area contributed by atoms with Crippen molar-refractivity contribution in [2.75, 3.05) is 6.61 Å². The Hall–Kier alpha value is -0.530. The smallest absolute Gasteiger partial charge is 0.308 e. The third kappa shape index (κ3) is 4.82. The van der Waals surface area contributed by atoms with E-state index < -0.39 is 0 Å². The largest absolute Gasteiger partial charge is 0.465 e. The minimum Gasteiger partial charge on any atom is -0.465 e. The number of carbonyl (C=O) groups excluding carboxylic acids is 1. The molecule has 0 N–H and O–H groups in total. The van der Waals surface area contributed by atoms with E-state index in [-0.39, 0.29) is 11.9 Å². The van der Waals surface area contributed by atoms with Crippen molar-refractivity contribution in [3.8, 4) is 0 Å². The molecule has 2 nitrogen and oxygen atoms in total. The summed E-state index contributed by atoms with van der Waals surface area (Å²) in [6.07, 6.45) is 2.63. The lowest BCUT2D eigenvalue weighted by Crippen LogP contribution is -2.14. The number of ether oxygens (including phenoxy) is 1. The van der Waals surface area contributed by atoms with Gasteiger partial charge in [0.2, 0.25) is 0 Å². The second-order valence-electron chi connectivity index (χ2n) is 2.71. The zero-order valence-corrected chi connectivity index (χ0v) is 7.43. The van der Waals surface area contributed by atoms with Crippen molar-refractivity contribution in [1.82, 2.24) is 0 Å². The van der Waals surface area contributed by atoms with Crippen molar-refractivity contribution in [2.24, 2.45) is 5.92 Å². The van der Waals surface area contributed by atoms with Crippen LogP contribution in [0.15, 0.2) is 0 Å². The Kier molecular flexibility index (Phi) is 5.90. The van der Waals surface area contributed by atoms with Gasteiger partial charge in [-0.3, -0.25) is 4.79 Å². The maximum atomic E-state index is 11.0. The zero-order valence-electron chi connectivity index (χ0n) is 7.43. The molecule has 0 rings (SSSR count). The van der Waals surface area contributed by atoms with Crippen LogP contribution in [0.25, 0.3) is 0 Å². The highest BCUT2D eigenvalue weighted by atomic mass is 16.5. The molecular weight excluding hydrogens is 140 g/mol. The fraction of sp³-hybridized carbons (Fsp3) is 0.778. The van der Waals surface area contributed by atoms with E-state index in [0.29, 0.717) is 13.0 Å². The van der Waals surface area contributed by atoms with Gasteiger partial charge in [0.15, 0.2) is 0 Å². The van der Waals surface area contributed by atoms with E-state index in [4.69, 9.17) is 4.74 Å². The van der Waals surface area contributed by atoms with E-state index in [1.165, 1.54) is 0 Å². The van der Waals surface area contributed by atoms with Crippen LogP contribution in [0.5, 0.6) is 0 Å². The zero-order chi connectivity index (χ0) is 8.69. The molecule has 0 aliphatic rings. The van der Waals surface area contributed by atoms with Crippen LogP contribution >= 0.6 is 0 Å². The molecule has 0 bridgehead atoms. The Morgan fingerprint density at radius 1 is 1.64 bits per heavy atom. The van der Waals surface area contributed by atoms with Gasteiger partial charge >= 0.3 is 5.97 Å². The van der Waals surface area contributed by atoms with Crippen molar-refractivity contribution < 1.29 is 9.53 Å². The minimum absolute atomic E-state index is 0.0492.